The number of aryl methyl sites for hydroxylation is 1. The summed E-state index contributed by atoms with van der Waals surface area (Å²) in [7, 11) is 0. The lowest BCUT2D eigenvalue weighted by Crippen LogP contribution is -2.42. The number of hydrogen-bond donors (Lipinski definition) is 1. The van der Waals surface area contributed by atoms with Crippen molar-refractivity contribution in [3.63, 3.8) is 0 Å². The number of hydrogen-bond acceptors (Lipinski definition) is 5. The minimum atomic E-state index is -0.0311. The predicted molar refractivity (Wildman–Crippen MR) is 101 cm³/mol. The fourth-order valence-electron chi connectivity index (χ4n) is 4.06. The zero-order chi connectivity index (χ0) is 18.0. The Labute approximate surface area is 158 Å². The van der Waals surface area contributed by atoms with Crippen LogP contribution in [-0.2, 0) is 11.2 Å². The molecule has 2 aromatic rings. The van der Waals surface area contributed by atoms with Crippen molar-refractivity contribution in [3.05, 3.63) is 29.0 Å². The molecule has 0 unspecified atom stereocenters. The van der Waals surface area contributed by atoms with Gasteiger partial charge in [0, 0.05) is 30.8 Å². The molecule has 3 heterocycles. The highest BCUT2D eigenvalue weighted by molar-refractivity contribution is 7.12. The highest BCUT2D eigenvalue weighted by Crippen LogP contribution is 2.44. The van der Waals surface area contributed by atoms with E-state index in [1.54, 1.807) is 28.4 Å². The molecule has 1 saturated heterocycles. The molecule has 2 aliphatic rings. The van der Waals surface area contributed by atoms with E-state index in [0.717, 1.165) is 43.3 Å². The first-order chi connectivity index (χ1) is 12.7. The predicted octanol–water partition coefficient (Wildman–Crippen LogP) is 3.36. The summed E-state index contributed by atoms with van der Waals surface area (Å²) in [5.74, 6) is -0.0311. The van der Waals surface area contributed by atoms with Crippen LogP contribution in [0.4, 0.5) is 0 Å². The van der Waals surface area contributed by atoms with Crippen molar-refractivity contribution in [1.29, 1.82) is 0 Å². The molecule has 1 amide bonds. The number of thiazole rings is 1. The van der Waals surface area contributed by atoms with Gasteiger partial charge >= 0.3 is 0 Å². The largest absolute Gasteiger partial charge is 0.381 e. The minimum Gasteiger partial charge on any atom is -0.381 e. The molecule has 1 aliphatic heterocycles. The van der Waals surface area contributed by atoms with Gasteiger partial charge in [-0.25, -0.2) is 9.67 Å². The van der Waals surface area contributed by atoms with Crippen LogP contribution in [0.5, 0.6) is 0 Å². The van der Waals surface area contributed by atoms with Gasteiger partial charge in [0.15, 0.2) is 0 Å². The second-order valence-corrected chi connectivity index (χ2v) is 8.35. The van der Waals surface area contributed by atoms with Gasteiger partial charge in [0.2, 0.25) is 5.13 Å². The Bertz CT molecular complexity index is 753. The monoisotopic (exact) mass is 374 g/mol. The Balaban J connectivity index is 1.34. The average molecular weight is 375 g/mol. The Morgan fingerprint density at radius 1 is 1.35 bits per heavy atom. The summed E-state index contributed by atoms with van der Waals surface area (Å²) >= 11 is 1.55. The second-order valence-electron chi connectivity index (χ2n) is 7.51. The van der Waals surface area contributed by atoms with Gasteiger partial charge in [-0.1, -0.05) is 6.92 Å². The maximum Gasteiger partial charge on any atom is 0.254 e. The number of amides is 1. The fraction of sp³-hybridized carbons (Fsp3) is 0.632. The molecule has 1 aliphatic carbocycles. The number of carbonyl (C=O) groups excluding carboxylic acids is 1. The molecule has 4 rings (SSSR count). The molecule has 7 heteroatoms. The molecule has 2 aromatic heterocycles. The SMILES string of the molecule is CCc1csc(-n2cc(C(=O)NC3CCC4(CCOCC4)CC3)cn2)n1. The third kappa shape index (κ3) is 3.69. The van der Waals surface area contributed by atoms with Crippen molar-refractivity contribution >= 4 is 17.2 Å². The lowest BCUT2D eigenvalue weighted by atomic mass is 9.68. The quantitative estimate of drug-likeness (QED) is 0.891. The van der Waals surface area contributed by atoms with E-state index in [1.807, 2.05) is 5.38 Å². The number of nitrogens with zero attached hydrogens (tertiary/aromatic N) is 3. The Hall–Kier alpha value is -1.73. The van der Waals surface area contributed by atoms with Crippen LogP contribution < -0.4 is 5.32 Å². The van der Waals surface area contributed by atoms with Crippen molar-refractivity contribution in [2.75, 3.05) is 13.2 Å². The topological polar surface area (TPSA) is 69.0 Å². The smallest absolute Gasteiger partial charge is 0.254 e. The van der Waals surface area contributed by atoms with Crippen molar-refractivity contribution in [3.8, 4) is 5.13 Å². The first kappa shape index (κ1) is 17.7. The van der Waals surface area contributed by atoms with Crippen LogP contribution in [0, 0.1) is 5.41 Å². The Morgan fingerprint density at radius 2 is 2.12 bits per heavy atom. The summed E-state index contributed by atoms with van der Waals surface area (Å²) in [6, 6.07) is 0.269. The van der Waals surface area contributed by atoms with Gasteiger partial charge in [0.05, 0.1) is 17.5 Å². The van der Waals surface area contributed by atoms with Gasteiger partial charge in [0.25, 0.3) is 5.91 Å². The summed E-state index contributed by atoms with van der Waals surface area (Å²) in [5.41, 5.74) is 2.12. The van der Waals surface area contributed by atoms with E-state index in [4.69, 9.17) is 4.74 Å². The Kier molecular flexibility index (Phi) is 5.09. The first-order valence-electron chi connectivity index (χ1n) is 9.55. The van der Waals surface area contributed by atoms with Gasteiger partial charge < -0.3 is 10.1 Å². The molecule has 0 bridgehead atoms. The number of carbonyl (C=O) groups is 1. The summed E-state index contributed by atoms with van der Waals surface area (Å²) in [4.78, 5) is 17.1. The molecule has 0 atom stereocenters. The van der Waals surface area contributed by atoms with Gasteiger partial charge in [-0.3, -0.25) is 4.79 Å². The van der Waals surface area contributed by atoms with Gasteiger partial charge in [-0.05, 0) is 50.4 Å². The standard InChI is InChI=1S/C19H26N4O2S/c1-2-15-13-26-18(22-15)23-12-14(11-20-23)17(24)21-16-3-5-19(6-4-16)7-9-25-10-8-19/h11-13,16H,2-10H2,1H3,(H,21,24). The van der Waals surface area contributed by atoms with E-state index < -0.39 is 0 Å². The van der Waals surface area contributed by atoms with Crippen molar-refractivity contribution in [1.82, 2.24) is 20.1 Å². The van der Waals surface area contributed by atoms with E-state index in [2.05, 4.69) is 22.3 Å². The van der Waals surface area contributed by atoms with Crippen molar-refractivity contribution in [2.24, 2.45) is 5.41 Å². The van der Waals surface area contributed by atoms with Crippen molar-refractivity contribution < 1.29 is 9.53 Å². The first-order valence-corrected chi connectivity index (χ1v) is 10.4. The third-order valence-corrected chi connectivity index (χ3v) is 6.76. The molecule has 26 heavy (non-hydrogen) atoms. The number of rotatable bonds is 4. The maximum absolute atomic E-state index is 12.6. The van der Waals surface area contributed by atoms with E-state index in [-0.39, 0.29) is 11.9 Å². The van der Waals surface area contributed by atoms with E-state index in [1.165, 1.54) is 25.7 Å². The summed E-state index contributed by atoms with van der Waals surface area (Å²) < 4.78 is 7.20. The van der Waals surface area contributed by atoms with Crippen LogP contribution in [0.25, 0.3) is 5.13 Å². The van der Waals surface area contributed by atoms with Crippen LogP contribution in [0.3, 0.4) is 0 Å². The summed E-state index contributed by atoms with van der Waals surface area (Å²) in [6.45, 7) is 3.87. The zero-order valence-corrected chi connectivity index (χ0v) is 16.1. The Morgan fingerprint density at radius 3 is 2.81 bits per heavy atom. The highest BCUT2D eigenvalue weighted by Gasteiger charge is 2.37. The number of aromatic nitrogens is 3. The van der Waals surface area contributed by atoms with Crippen LogP contribution in [0.2, 0.25) is 0 Å². The molecule has 0 aromatic carbocycles. The van der Waals surface area contributed by atoms with E-state index in [0.29, 0.717) is 11.0 Å². The van der Waals surface area contributed by atoms with E-state index in [9.17, 15) is 4.79 Å². The molecular weight excluding hydrogens is 348 g/mol. The molecule has 140 valence electrons. The van der Waals surface area contributed by atoms with Crippen LogP contribution in [-0.4, -0.2) is 39.9 Å². The normalized spacial score (nSPS) is 20.3. The van der Waals surface area contributed by atoms with Gasteiger partial charge in [-0.15, -0.1) is 11.3 Å². The second kappa shape index (κ2) is 7.48. The molecule has 1 spiro atoms. The van der Waals surface area contributed by atoms with Gasteiger partial charge in [-0.2, -0.15) is 5.10 Å². The number of nitrogens with one attached hydrogen (secondary N) is 1. The highest BCUT2D eigenvalue weighted by atomic mass is 32.1. The summed E-state index contributed by atoms with van der Waals surface area (Å²) in [6.07, 6.45) is 11.2. The minimum absolute atomic E-state index is 0.0311. The molecule has 6 nitrogen and oxygen atoms in total. The van der Waals surface area contributed by atoms with Crippen LogP contribution >= 0.6 is 11.3 Å². The lowest BCUT2D eigenvalue weighted by molar-refractivity contribution is -0.00901. The molecule has 0 radical (unpaired) electrons. The molecular formula is C19H26N4O2S. The summed E-state index contributed by atoms with van der Waals surface area (Å²) in [5, 5.41) is 10.3. The van der Waals surface area contributed by atoms with Crippen LogP contribution in [0.1, 0.15) is 61.5 Å². The van der Waals surface area contributed by atoms with Gasteiger partial charge in [0.1, 0.15) is 0 Å². The van der Waals surface area contributed by atoms with Crippen LogP contribution in [0.15, 0.2) is 17.8 Å². The number of ether oxygens (including phenoxy) is 1. The van der Waals surface area contributed by atoms with E-state index >= 15 is 0 Å². The lowest BCUT2D eigenvalue weighted by Gasteiger charge is -2.42. The van der Waals surface area contributed by atoms with Crippen molar-refractivity contribution in [2.45, 2.75) is 57.9 Å². The maximum atomic E-state index is 12.6. The average Bonchev–Trinajstić information content (AvgIpc) is 3.33. The fourth-order valence-corrected chi connectivity index (χ4v) is 4.89. The third-order valence-electron chi connectivity index (χ3n) is 5.88. The molecule has 1 saturated carbocycles. The molecule has 2 fully saturated rings. The molecule has 1 N–H and O–H groups in total. The zero-order valence-electron chi connectivity index (χ0n) is 15.2.